The van der Waals surface area contributed by atoms with E-state index in [1.54, 1.807) is 0 Å². The van der Waals surface area contributed by atoms with Crippen LogP contribution < -0.4 is 16.7 Å². The molecule has 0 aromatic carbocycles. The van der Waals surface area contributed by atoms with E-state index in [1.165, 1.54) is 16.8 Å². The van der Waals surface area contributed by atoms with Crippen molar-refractivity contribution in [3.63, 3.8) is 0 Å². The Labute approximate surface area is 126 Å². The summed E-state index contributed by atoms with van der Waals surface area (Å²) in [6.45, 7) is 1.14. The first-order valence-corrected chi connectivity index (χ1v) is 7.25. The SMILES string of the molecule is Nc1ccn([C@@H]2CO[C@H](COC(=O)C3CCC[NH2+]3)O2)c(=O)n1. The van der Waals surface area contributed by atoms with E-state index in [9.17, 15) is 9.59 Å². The molecule has 3 atom stereocenters. The number of rotatable bonds is 4. The van der Waals surface area contributed by atoms with Crippen molar-refractivity contribution in [3.8, 4) is 0 Å². The summed E-state index contributed by atoms with van der Waals surface area (Å²) in [7, 11) is 0. The van der Waals surface area contributed by atoms with Gasteiger partial charge in [-0.05, 0) is 6.07 Å². The van der Waals surface area contributed by atoms with Gasteiger partial charge in [0.25, 0.3) is 0 Å². The molecule has 2 fully saturated rings. The highest BCUT2D eigenvalue weighted by Gasteiger charge is 2.32. The first kappa shape index (κ1) is 14.9. The average Bonchev–Trinajstić information content (AvgIpc) is 3.16. The summed E-state index contributed by atoms with van der Waals surface area (Å²) in [5.74, 6) is -0.0991. The summed E-state index contributed by atoms with van der Waals surface area (Å²) in [5, 5.41) is 1.97. The van der Waals surface area contributed by atoms with Gasteiger partial charge in [-0.15, -0.1) is 0 Å². The number of ether oxygens (including phenoxy) is 3. The van der Waals surface area contributed by atoms with Crippen LogP contribution >= 0.6 is 0 Å². The van der Waals surface area contributed by atoms with Crippen LogP contribution in [0.3, 0.4) is 0 Å². The first-order chi connectivity index (χ1) is 10.6. The number of carbonyl (C=O) groups excluding carboxylic acids is 1. The molecule has 0 bridgehead atoms. The number of nitrogen functional groups attached to an aromatic ring is 1. The number of carbonyl (C=O) groups is 1. The van der Waals surface area contributed by atoms with E-state index in [4.69, 9.17) is 19.9 Å². The molecule has 9 nitrogen and oxygen atoms in total. The van der Waals surface area contributed by atoms with Gasteiger partial charge in [-0.2, -0.15) is 4.98 Å². The van der Waals surface area contributed by atoms with Gasteiger partial charge in [-0.1, -0.05) is 0 Å². The van der Waals surface area contributed by atoms with Gasteiger partial charge >= 0.3 is 11.7 Å². The highest BCUT2D eigenvalue weighted by atomic mass is 16.7. The number of quaternary nitrogens is 1. The number of hydrogen-bond acceptors (Lipinski definition) is 7. The lowest BCUT2D eigenvalue weighted by molar-refractivity contribution is -0.659. The monoisotopic (exact) mass is 311 g/mol. The molecule has 1 aromatic heterocycles. The second-order valence-electron chi connectivity index (χ2n) is 5.30. The molecule has 22 heavy (non-hydrogen) atoms. The minimum absolute atomic E-state index is 0.0107. The lowest BCUT2D eigenvalue weighted by Gasteiger charge is -2.14. The Morgan fingerprint density at radius 2 is 2.45 bits per heavy atom. The maximum atomic E-state index is 11.8. The van der Waals surface area contributed by atoms with Crippen LogP contribution in [0.2, 0.25) is 0 Å². The van der Waals surface area contributed by atoms with Crippen molar-refractivity contribution in [3.05, 3.63) is 22.7 Å². The molecule has 0 radical (unpaired) electrons. The van der Waals surface area contributed by atoms with Gasteiger partial charge in [-0.25, -0.2) is 9.59 Å². The summed E-state index contributed by atoms with van der Waals surface area (Å²) in [6.07, 6.45) is 2.08. The van der Waals surface area contributed by atoms with Crippen LogP contribution in [0.15, 0.2) is 17.1 Å². The zero-order valence-electron chi connectivity index (χ0n) is 12.0. The number of hydrogen-bond donors (Lipinski definition) is 2. The molecule has 3 rings (SSSR count). The lowest BCUT2D eigenvalue weighted by atomic mass is 10.2. The van der Waals surface area contributed by atoms with Crippen molar-refractivity contribution in [1.82, 2.24) is 9.55 Å². The van der Waals surface area contributed by atoms with Gasteiger partial charge in [0.05, 0.1) is 13.2 Å². The molecule has 0 saturated carbocycles. The van der Waals surface area contributed by atoms with E-state index in [2.05, 4.69) is 4.98 Å². The van der Waals surface area contributed by atoms with E-state index >= 15 is 0 Å². The fourth-order valence-electron chi connectivity index (χ4n) is 2.57. The summed E-state index contributed by atoms with van der Waals surface area (Å²) in [4.78, 5) is 27.2. The molecule has 1 aromatic rings. The third-order valence-corrected chi connectivity index (χ3v) is 3.73. The van der Waals surface area contributed by atoms with Crippen molar-refractivity contribution in [2.75, 3.05) is 25.5 Å². The van der Waals surface area contributed by atoms with Crippen LogP contribution in [0.1, 0.15) is 19.1 Å². The van der Waals surface area contributed by atoms with Crippen LogP contribution in [0, 0.1) is 0 Å². The summed E-state index contributed by atoms with van der Waals surface area (Å²) in [6, 6.07) is 1.38. The Kier molecular flexibility index (Phi) is 4.36. The Bertz CT molecular complexity index is 598. The Morgan fingerprint density at radius 3 is 3.18 bits per heavy atom. The van der Waals surface area contributed by atoms with Crippen molar-refractivity contribution >= 4 is 11.8 Å². The fourth-order valence-corrected chi connectivity index (χ4v) is 2.57. The van der Waals surface area contributed by atoms with E-state index in [-0.39, 0.29) is 31.0 Å². The molecule has 0 spiro atoms. The number of anilines is 1. The van der Waals surface area contributed by atoms with E-state index in [0.29, 0.717) is 0 Å². The molecule has 3 heterocycles. The Morgan fingerprint density at radius 1 is 1.59 bits per heavy atom. The topological polar surface area (TPSA) is 122 Å². The summed E-state index contributed by atoms with van der Waals surface area (Å²) in [5.41, 5.74) is 4.93. The van der Waals surface area contributed by atoms with Gasteiger partial charge in [0.1, 0.15) is 12.4 Å². The molecule has 2 saturated heterocycles. The largest absolute Gasteiger partial charge is 0.456 e. The van der Waals surface area contributed by atoms with Crippen molar-refractivity contribution in [1.29, 1.82) is 0 Å². The lowest BCUT2D eigenvalue weighted by Crippen LogP contribution is -2.88. The number of nitrogens with zero attached hydrogens (tertiary/aromatic N) is 2. The van der Waals surface area contributed by atoms with Gasteiger partial charge in [0, 0.05) is 19.0 Å². The minimum Gasteiger partial charge on any atom is -0.456 e. The quantitative estimate of drug-likeness (QED) is 0.615. The third kappa shape index (κ3) is 3.26. The zero-order chi connectivity index (χ0) is 15.5. The highest BCUT2D eigenvalue weighted by molar-refractivity contribution is 5.74. The average molecular weight is 311 g/mol. The molecule has 120 valence electrons. The van der Waals surface area contributed by atoms with E-state index in [0.717, 1.165) is 19.4 Å². The standard InChI is InChI=1S/C13H18N4O5/c14-9-3-5-17(13(19)16-9)10-6-20-11(22-10)7-21-12(18)8-2-1-4-15-8/h3,5,8,10-11,15H,1-2,4,6-7H2,(H2,14,16,19)/p+1/t8?,10-,11-/m0/s1. The normalized spacial score (nSPS) is 27.9. The van der Waals surface area contributed by atoms with Crippen LogP contribution in [-0.4, -0.2) is 47.6 Å². The molecule has 9 heteroatoms. The predicted octanol–water partition coefficient (Wildman–Crippen LogP) is -2.03. The smallest absolute Gasteiger partial charge is 0.365 e. The first-order valence-electron chi connectivity index (χ1n) is 7.25. The molecule has 1 unspecified atom stereocenters. The van der Waals surface area contributed by atoms with Crippen molar-refractivity contribution < 1.29 is 24.3 Å². The van der Waals surface area contributed by atoms with Gasteiger partial charge in [0.15, 0.2) is 18.6 Å². The fraction of sp³-hybridized carbons (Fsp3) is 0.615. The minimum atomic E-state index is -0.681. The van der Waals surface area contributed by atoms with Gasteiger partial charge in [-0.3, -0.25) is 4.57 Å². The maximum Gasteiger partial charge on any atom is 0.365 e. The molecule has 2 aliphatic heterocycles. The molecular formula is C13H19N4O5+. The van der Waals surface area contributed by atoms with Crippen LogP contribution in [0.4, 0.5) is 5.82 Å². The molecule has 4 N–H and O–H groups in total. The second-order valence-corrected chi connectivity index (χ2v) is 5.30. The summed E-state index contributed by atoms with van der Waals surface area (Å²) < 4.78 is 17.4. The van der Waals surface area contributed by atoms with Crippen LogP contribution in [0.25, 0.3) is 0 Å². The number of aromatic nitrogens is 2. The molecular weight excluding hydrogens is 292 g/mol. The molecule has 0 amide bonds. The zero-order valence-corrected chi connectivity index (χ0v) is 12.0. The summed E-state index contributed by atoms with van der Waals surface area (Å²) >= 11 is 0. The van der Waals surface area contributed by atoms with Crippen LogP contribution in [0.5, 0.6) is 0 Å². The van der Waals surface area contributed by atoms with Crippen molar-refractivity contribution in [2.24, 2.45) is 0 Å². The third-order valence-electron chi connectivity index (χ3n) is 3.73. The number of nitrogens with two attached hydrogens (primary N) is 2. The van der Waals surface area contributed by atoms with Gasteiger partial charge in [0.2, 0.25) is 0 Å². The number of esters is 1. The maximum absolute atomic E-state index is 11.8. The van der Waals surface area contributed by atoms with Crippen molar-refractivity contribution in [2.45, 2.75) is 31.4 Å². The molecule has 2 aliphatic rings. The van der Waals surface area contributed by atoms with Crippen LogP contribution in [-0.2, 0) is 19.0 Å². The Hall–Kier alpha value is -1.97. The predicted molar refractivity (Wildman–Crippen MR) is 73.5 cm³/mol. The van der Waals surface area contributed by atoms with E-state index in [1.807, 2.05) is 5.32 Å². The Balaban J connectivity index is 1.51. The van der Waals surface area contributed by atoms with Gasteiger partial charge < -0.3 is 25.3 Å². The second kappa shape index (κ2) is 6.42. The van der Waals surface area contributed by atoms with E-state index < -0.39 is 18.2 Å². The molecule has 0 aliphatic carbocycles. The highest BCUT2D eigenvalue weighted by Crippen LogP contribution is 2.19.